The number of nitrogens with one attached hydrogen (secondary N) is 1. The molecule has 0 saturated heterocycles. The molecule has 2 atom stereocenters. The molecule has 2 heterocycles. The molecule has 0 aromatic carbocycles. The molecule has 0 spiro atoms. The molecule has 6 nitrogen and oxygen atoms in total. The molecule has 1 aliphatic heterocycles. The van der Waals surface area contributed by atoms with E-state index in [1.165, 1.54) is 0 Å². The molecular weight excluding hydrogens is 256 g/mol. The van der Waals surface area contributed by atoms with Crippen LogP contribution in [-0.2, 0) is 18.2 Å². The van der Waals surface area contributed by atoms with E-state index in [0.717, 1.165) is 24.2 Å². The molecule has 0 radical (unpaired) electrons. The monoisotopic (exact) mass is 280 g/mol. The van der Waals surface area contributed by atoms with Gasteiger partial charge in [0.2, 0.25) is 0 Å². The van der Waals surface area contributed by atoms with Gasteiger partial charge in [0.15, 0.2) is 0 Å². The molecule has 20 heavy (non-hydrogen) atoms. The molecule has 112 valence electrons. The summed E-state index contributed by atoms with van der Waals surface area (Å²) in [5.41, 5.74) is 2.59. The van der Waals surface area contributed by atoms with Crippen molar-refractivity contribution in [1.82, 2.24) is 20.0 Å². The summed E-state index contributed by atoms with van der Waals surface area (Å²) in [6.45, 7) is 5.46. The third-order valence-corrected chi connectivity index (χ3v) is 3.55. The Labute approximate surface area is 120 Å². The van der Waals surface area contributed by atoms with Gasteiger partial charge in [-0.1, -0.05) is 0 Å². The Kier molecular flexibility index (Phi) is 4.45. The second kappa shape index (κ2) is 5.93. The van der Waals surface area contributed by atoms with Crippen molar-refractivity contribution in [3.05, 3.63) is 17.0 Å². The second-order valence-corrected chi connectivity index (χ2v) is 5.69. The molecule has 2 rings (SSSR count). The van der Waals surface area contributed by atoms with Crippen LogP contribution >= 0.6 is 0 Å². The third-order valence-electron chi connectivity index (χ3n) is 3.55. The number of hydrogen-bond donors (Lipinski definition) is 1. The molecular formula is C14H24N4O2. The zero-order valence-electron chi connectivity index (χ0n) is 12.9. The topological polar surface area (TPSA) is 59.4 Å². The number of ether oxygens (including phenoxy) is 1. The van der Waals surface area contributed by atoms with Gasteiger partial charge in [0.1, 0.15) is 5.69 Å². The maximum atomic E-state index is 12.4. The Morgan fingerprint density at radius 1 is 1.50 bits per heavy atom. The summed E-state index contributed by atoms with van der Waals surface area (Å²) in [6.07, 6.45) is 0.808. The normalized spacial score (nSPS) is 21.9. The van der Waals surface area contributed by atoms with Crippen LogP contribution in [0.2, 0.25) is 0 Å². The summed E-state index contributed by atoms with van der Waals surface area (Å²) < 4.78 is 7.43. The molecule has 0 aliphatic carbocycles. The van der Waals surface area contributed by atoms with E-state index in [2.05, 4.69) is 10.4 Å². The largest absolute Gasteiger partial charge is 0.369 e. The van der Waals surface area contributed by atoms with Crippen LogP contribution in [0, 0.1) is 0 Å². The first kappa shape index (κ1) is 15.0. The van der Waals surface area contributed by atoms with Crippen molar-refractivity contribution in [3.8, 4) is 0 Å². The summed E-state index contributed by atoms with van der Waals surface area (Å²) in [7, 11) is 5.79. The standard InChI is InChI=1S/C14H24N4O2/c1-9-8-11-12(10(2)20-9)16-18(5)13(11)14(19)15-6-7-17(3)4/h9-10H,6-8H2,1-5H3,(H,15,19)/t9-,10+/m1/s1. The van der Waals surface area contributed by atoms with Gasteiger partial charge in [0.25, 0.3) is 5.91 Å². The average Bonchev–Trinajstić information content (AvgIpc) is 2.65. The Morgan fingerprint density at radius 3 is 2.85 bits per heavy atom. The molecule has 0 bridgehead atoms. The highest BCUT2D eigenvalue weighted by molar-refractivity contribution is 5.94. The van der Waals surface area contributed by atoms with Gasteiger partial charge in [-0.2, -0.15) is 5.10 Å². The minimum absolute atomic E-state index is 0.0515. The number of carbonyl (C=O) groups excluding carboxylic acids is 1. The Morgan fingerprint density at radius 2 is 2.20 bits per heavy atom. The summed E-state index contributed by atoms with van der Waals surface area (Å²) >= 11 is 0. The number of aromatic nitrogens is 2. The highest BCUT2D eigenvalue weighted by Gasteiger charge is 2.31. The van der Waals surface area contributed by atoms with Gasteiger partial charge >= 0.3 is 0 Å². The van der Waals surface area contributed by atoms with Crippen molar-refractivity contribution >= 4 is 5.91 Å². The molecule has 0 saturated carbocycles. The van der Waals surface area contributed by atoms with Gasteiger partial charge in [0, 0.05) is 32.1 Å². The van der Waals surface area contributed by atoms with Crippen molar-refractivity contribution in [2.75, 3.05) is 27.2 Å². The van der Waals surface area contributed by atoms with Gasteiger partial charge in [0.05, 0.1) is 17.9 Å². The van der Waals surface area contributed by atoms with Gasteiger partial charge in [-0.15, -0.1) is 0 Å². The molecule has 0 fully saturated rings. The molecule has 6 heteroatoms. The predicted molar refractivity (Wildman–Crippen MR) is 76.8 cm³/mol. The number of hydrogen-bond acceptors (Lipinski definition) is 4. The lowest BCUT2D eigenvalue weighted by molar-refractivity contribution is -0.00709. The van der Waals surface area contributed by atoms with Crippen molar-refractivity contribution < 1.29 is 9.53 Å². The van der Waals surface area contributed by atoms with Crippen LogP contribution in [0.3, 0.4) is 0 Å². The summed E-state index contributed by atoms with van der Waals surface area (Å²) in [6, 6.07) is 0. The fraction of sp³-hybridized carbons (Fsp3) is 0.714. The lowest BCUT2D eigenvalue weighted by Gasteiger charge is -2.24. The number of fused-ring (bicyclic) bond motifs is 1. The minimum atomic E-state index is -0.0525. The van der Waals surface area contributed by atoms with Crippen molar-refractivity contribution in [2.45, 2.75) is 32.5 Å². The number of rotatable bonds is 4. The van der Waals surface area contributed by atoms with E-state index < -0.39 is 0 Å². The number of amides is 1. The van der Waals surface area contributed by atoms with Crippen molar-refractivity contribution in [2.24, 2.45) is 7.05 Å². The summed E-state index contributed by atoms with van der Waals surface area (Å²) in [4.78, 5) is 14.4. The number of carbonyl (C=O) groups is 1. The minimum Gasteiger partial charge on any atom is -0.369 e. The maximum absolute atomic E-state index is 12.4. The lowest BCUT2D eigenvalue weighted by atomic mass is 9.99. The fourth-order valence-corrected chi connectivity index (χ4v) is 2.63. The number of likely N-dealkylation sites (N-methyl/N-ethyl adjacent to an activating group) is 1. The van der Waals surface area contributed by atoms with E-state index in [1.54, 1.807) is 4.68 Å². The quantitative estimate of drug-likeness (QED) is 0.883. The van der Waals surface area contributed by atoms with E-state index in [0.29, 0.717) is 12.2 Å². The lowest BCUT2D eigenvalue weighted by Crippen LogP contribution is -2.33. The van der Waals surface area contributed by atoms with Crippen LogP contribution in [0.5, 0.6) is 0 Å². The zero-order chi connectivity index (χ0) is 14.9. The number of aryl methyl sites for hydroxylation is 1. The van der Waals surface area contributed by atoms with Crippen LogP contribution in [0.4, 0.5) is 0 Å². The molecule has 1 aromatic rings. The second-order valence-electron chi connectivity index (χ2n) is 5.69. The Balaban J connectivity index is 2.18. The third kappa shape index (κ3) is 3.02. The first-order chi connectivity index (χ1) is 9.40. The molecule has 1 aromatic heterocycles. The Bertz CT molecular complexity index is 496. The predicted octanol–water partition coefficient (Wildman–Crippen LogP) is 0.734. The van der Waals surface area contributed by atoms with Gasteiger partial charge in [-0.05, 0) is 27.9 Å². The van der Waals surface area contributed by atoms with E-state index in [4.69, 9.17) is 4.74 Å². The van der Waals surface area contributed by atoms with Crippen molar-refractivity contribution in [1.29, 1.82) is 0 Å². The van der Waals surface area contributed by atoms with Gasteiger partial charge in [-0.25, -0.2) is 0 Å². The SMILES string of the molecule is C[C@@H]1Cc2c(nn(C)c2C(=O)NCCN(C)C)[C@H](C)O1. The number of nitrogens with zero attached hydrogens (tertiary/aromatic N) is 3. The highest BCUT2D eigenvalue weighted by atomic mass is 16.5. The first-order valence-corrected chi connectivity index (χ1v) is 7.04. The fourth-order valence-electron chi connectivity index (χ4n) is 2.63. The highest BCUT2D eigenvalue weighted by Crippen LogP contribution is 2.30. The van der Waals surface area contributed by atoms with Crippen LogP contribution in [0.25, 0.3) is 0 Å². The first-order valence-electron chi connectivity index (χ1n) is 7.04. The Hall–Kier alpha value is -1.40. The van der Waals surface area contributed by atoms with E-state index in [-0.39, 0.29) is 18.1 Å². The molecule has 1 amide bonds. The zero-order valence-corrected chi connectivity index (χ0v) is 12.9. The summed E-state index contributed by atoms with van der Waals surface area (Å²) in [5, 5.41) is 7.41. The van der Waals surface area contributed by atoms with E-state index in [9.17, 15) is 4.79 Å². The molecule has 0 unspecified atom stereocenters. The van der Waals surface area contributed by atoms with Crippen LogP contribution in [0.15, 0.2) is 0 Å². The average molecular weight is 280 g/mol. The van der Waals surface area contributed by atoms with E-state index in [1.807, 2.05) is 39.9 Å². The van der Waals surface area contributed by atoms with Crippen LogP contribution < -0.4 is 5.32 Å². The maximum Gasteiger partial charge on any atom is 0.269 e. The summed E-state index contributed by atoms with van der Waals surface area (Å²) in [5.74, 6) is -0.0515. The van der Waals surface area contributed by atoms with Crippen molar-refractivity contribution in [3.63, 3.8) is 0 Å². The molecule has 1 N–H and O–H groups in total. The van der Waals surface area contributed by atoms with Gasteiger partial charge < -0.3 is 15.0 Å². The van der Waals surface area contributed by atoms with Gasteiger partial charge in [-0.3, -0.25) is 9.48 Å². The smallest absolute Gasteiger partial charge is 0.269 e. The molecule has 1 aliphatic rings. The van der Waals surface area contributed by atoms with Crippen LogP contribution in [0.1, 0.15) is 41.7 Å². The van der Waals surface area contributed by atoms with Crippen LogP contribution in [-0.4, -0.2) is 53.9 Å². The van der Waals surface area contributed by atoms with E-state index >= 15 is 0 Å².